The first-order valence-corrected chi connectivity index (χ1v) is 7.66. The molecule has 0 amide bonds. The Balaban J connectivity index is 1.76. The molecule has 2 atom stereocenters. The first-order chi connectivity index (χ1) is 9.81. The third-order valence-corrected chi connectivity index (χ3v) is 4.92. The van der Waals surface area contributed by atoms with E-state index in [-0.39, 0.29) is 0 Å². The molecule has 1 aliphatic carbocycles. The maximum atomic E-state index is 6.00. The molecule has 5 nitrogen and oxygen atoms in total. The van der Waals surface area contributed by atoms with Crippen LogP contribution in [0.3, 0.4) is 0 Å². The van der Waals surface area contributed by atoms with Crippen LogP contribution >= 0.6 is 11.3 Å². The summed E-state index contributed by atoms with van der Waals surface area (Å²) in [5.41, 5.74) is 7.04. The molecule has 102 valence electrons. The Labute approximate surface area is 120 Å². The Morgan fingerprint density at radius 1 is 1.15 bits per heavy atom. The highest BCUT2D eigenvalue weighted by Gasteiger charge is 2.27. The molecule has 1 saturated carbocycles. The minimum absolute atomic E-state index is 0.322. The van der Waals surface area contributed by atoms with Gasteiger partial charge in [-0.1, -0.05) is 41.7 Å². The number of aromatic nitrogens is 4. The molecule has 2 aromatic heterocycles. The molecule has 0 unspecified atom stereocenters. The van der Waals surface area contributed by atoms with Crippen LogP contribution in [-0.4, -0.2) is 25.9 Å². The summed E-state index contributed by atoms with van der Waals surface area (Å²) in [7, 11) is 0. The fourth-order valence-corrected chi connectivity index (χ4v) is 3.79. The smallest absolute Gasteiger partial charge is 0.234 e. The fourth-order valence-electron chi connectivity index (χ4n) is 2.80. The molecule has 0 aliphatic heterocycles. The van der Waals surface area contributed by atoms with Crippen LogP contribution < -0.4 is 5.73 Å². The van der Waals surface area contributed by atoms with Gasteiger partial charge in [0.2, 0.25) is 4.96 Å². The highest BCUT2D eigenvalue weighted by Crippen LogP contribution is 2.36. The lowest BCUT2D eigenvalue weighted by atomic mass is 10.1. The zero-order valence-corrected chi connectivity index (χ0v) is 11.8. The van der Waals surface area contributed by atoms with Gasteiger partial charge in [-0.15, -0.1) is 10.2 Å². The minimum Gasteiger partial charge on any atom is -0.328 e. The van der Waals surface area contributed by atoms with Crippen molar-refractivity contribution in [2.24, 2.45) is 5.73 Å². The van der Waals surface area contributed by atoms with Gasteiger partial charge in [0.25, 0.3) is 0 Å². The van der Waals surface area contributed by atoms with E-state index in [1.807, 2.05) is 34.8 Å². The molecule has 0 radical (unpaired) electrons. The minimum atomic E-state index is 0.322. The Bertz CT molecular complexity index is 732. The van der Waals surface area contributed by atoms with E-state index in [1.54, 1.807) is 11.3 Å². The van der Waals surface area contributed by atoms with Gasteiger partial charge < -0.3 is 5.73 Å². The van der Waals surface area contributed by atoms with E-state index in [1.165, 1.54) is 0 Å². The first-order valence-electron chi connectivity index (χ1n) is 6.84. The third-order valence-electron chi connectivity index (χ3n) is 3.86. The first kappa shape index (κ1) is 12.0. The topological polar surface area (TPSA) is 69.1 Å². The van der Waals surface area contributed by atoms with Crippen LogP contribution in [0.1, 0.15) is 30.2 Å². The third kappa shape index (κ3) is 1.92. The van der Waals surface area contributed by atoms with Crippen LogP contribution in [-0.2, 0) is 0 Å². The summed E-state index contributed by atoms with van der Waals surface area (Å²) in [4.78, 5) is 0.860. The van der Waals surface area contributed by atoms with Crippen LogP contribution in [0.25, 0.3) is 16.3 Å². The summed E-state index contributed by atoms with van der Waals surface area (Å²) in [5, 5.41) is 14.3. The van der Waals surface area contributed by atoms with Gasteiger partial charge in [-0.25, -0.2) is 0 Å². The Morgan fingerprint density at radius 3 is 2.75 bits per heavy atom. The molecule has 0 spiro atoms. The van der Waals surface area contributed by atoms with E-state index >= 15 is 0 Å². The largest absolute Gasteiger partial charge is 0.328 e. The van der Waals surface area contributed by atoms with Gasteiger partial charge >= 0.3 is 0 Å². The second-order valence-electron chi connectivity index (χ2n) is 5.29. The molecule has 6 heteroatoms. The number of hydrogen-bond donors (Lipinski definition) is 1. The van der Waals surface area contributed by atoms with E-state index in [0.717, 1.165) is 40.6 Å². The van der Waals surface area contributed by atoms with Crippen molar-refractivity contribution in [2.75, 3.05) is 0 Å². The monoisotopic (exact) mass is 285 g/mol. The van der Waals surface area contributed by atoms with Gasteiger partial charge in [-0.2, -0.15) is 9.61 Å². The summed E-state index contributed by atoms with van der Waals surface area (Å²) in [6.07, 6.45) is 3.26. The number of fused-ring (bicyclic) bond motifs is 1. The van der Waals surface area contributed by atoms with Crippen LogP contribution in [0.4, 0.5) is 0 Å². The summed E-state index contributed by atoms with van der Waals surface area (Å²) in [6, 6.07) is 10.4. The molecular weight excluding hydrogens is 270 g/mol. The van der Waals surface area contributed by atoms with Crippen molar-refractivity contribution in [3.8, 4) is 11.4 Å². The summed E-state index contributed by atoms with van der Waals surface area (Å²) < 4.78 is 1.86. The van der Waals surface area contributed by atoms with E-state index in [0.29, 0.717) is 12.0 Å². The number of benzene rings is 1. The maximum Gasteiger partial charge on any atom is 0.234 e. The lowest BCUT2D eigenvalue weighted by Crippen LogP contribution is -2.14. The highest BCUT2D eigenvalue weighted by atomic mass is 32.1. The molecule has 1 aliphatic rings. The average molecular weight is 285 g/mol. The predicted octanol–water partition coefficient (Wildman–Crippen LogP) is 2.45. The summed E-state index contributed by atoms with van der Waals surface area (Å²) in [6.45, 7) is 0. The second-order valence-corrected chi connectivity index (χ2v) is 6.28. The van der Waals surface area contributed by atoms with Crippen LogP contribution in [0, 0.1) is 0 Å². The van der Waals surface area contributed by atoms with Gasteiger partial charge in [0, 0.05) is 17.5 Å². The molecule has 0 bridgehead atoms. The van der Waals surface area contributed by atoms with Crippen molar-refractivity contribution in [1.82, 2.24) is 19.8 Å². The Kier molecular flexibility index (Phi) is 2.78. The van der Waals surface area contributed by atoms with E-state index in [9.17, 15) is 0 Å². The highest BCUT2D eigenvalue weighted by molar-refractivity contribution is 7.16. The van der Waals surface area contributed by atoms with Crippen molar-refractivity contribution in [1.29, 1.82) is 0 Å². The molecule has 1 aromatic carbocycles. The van der Waals surface area contributed by atoms with Crippen molar-refractivity contribution >= 4 is 16.3 Å². The lowest BCUT2D eigenvalue weighted by molar-refractivity contribution is 0.662. The van der Waals surface area contributed by atoms with E-state index < -0.39 is 0 Å². The number of nitrogens with zero attached hydrogens (tertiary/aromatic N) is 4. The quantitative estimate of drug-likeness (QED) is 0.785. The molecule has 1 fully saturated rings. The number of rotatable bonds is 2. The molecule has 4 rings (SSSR count). The summed E-state index contributed by atoms with van der Waals surface area (Å²) in [5.74, 6) is 1.30. The molecule has 0 saturated heterocycles. The SMILES string of the molecule is N[C@H]1CC[C@@H](c2nn3c(-c4ccccc4)nnc3s2)C1. The van der Waals surface area contributed by atoms with E-state index in [2.05, 4.69) is 10.2 Å². The fraction of sp³-hybridized carbons (Fsp3) is 0.357. The van der Waals surface area contributed by atoms with Gasteiger partial charge in [-0.3, -0.25) is 0 Å². The predicted molar refractivity (Wildman–Crippen MR) is 78.7 cm³/mol. The van der Waals surface area contributed by atoms with Crippen LogP contribution in [0.15, 0.2) is 30.3 Å². The number of hydrogen-bond acceptors (Lipinski definition) is 5. The molecule has 3 aromatic rings. The molecular formula is C14H15N5S. The van der Waals surface area contributed by atoms with Crippen molar-refractivity contribution in [3.05, 3.63) is 35.3 Å². The van der Waals surface area contributed by atoms with Gasteiger partial charge in [-0.05, 0) is 19.3 Å². The Hall–Kier alpha value is -1.79. The summed E-state index contributed by atoms with van der Waals surface area (Å²) >= 11 is 1.63. The normalized spacial score (nSPS) is 22.6. The Morgan fingerprint density at radius 2 is 2.00 bits per heavy atom. The van der Waals surface area contributed by atoms with Gasteiger partial charge in [0.05, 0.1) is 0 Å². The van der Waals surface area contributed by atoms with Gasteiger partial charge in [0.15, 0.2) is 5.82 Å². The molecule has 2 N–H and O–H groups in total. The van der Waals surface area contributed by atoms with Crippen molar-refractivity contribution < 1.29 is 0 Å². The standard InChI is InChI=1S/C14H15N5S/c15-11-7-6-10(8-11)13-18-19-12(16-17-14(19)20-13)9-4-2-1-3-5-9/h1-5,10-11H,6-8,15H2/t10-,11+/m1/s1. The van der Waals surface area contributed by atoms with Crippen LogP contribution in [0.2, 0.25) is 0 Å². The molecule has 20 heavy (non-hydrogen) atoms. The lowest BCUT2D eigenvalue weighted by Gasteiger charge is -2.03. The molecule has 2 heterocycles. The zero-order chi connectivity index (χ0) is 13.5. The average Bonchev–Trinajstić information content (AvgIpc) is 3.13. The van der Waals surface area contributed by atoms with Crippen LogP contribution in [0.5, 0.6) is 0 Å². The van der Waals surface area contributed by atoms with Crippen molar-refractivity contribution in [2.45, 2.75) is 31.2 Å². The van der Waals surface area contributed by atoms with E-state index in [4.69, 9.17) is 10.8 Å². The maximum absolute atomic E-state index is 6.00. The number of nitrogens with two attached hydrogens (primary N) is 1. The zero-order valence-electron chi connectivity index (χ0n) is 10.9. The van der Waals surface area contributed by atoms with Crippen molar-refractivity contribution in [3.63, 3.8) is 0 Å². The second kappa shape index (κ2) is 4.64. The van der Waals surface area contributed by atoms with Gasteiger partial charge in [0.1, 0.15) is 5.01 Å².